The molecule has 1 unspecified atom stereocenters. The SMILES string of the molecule is CCNC(=O)CCOc1c(Br)cccc1CC(N)CC. The minimum Gasteiger partial charge on any atom is -0.492 e. The zero-order valence-corrected chi connectivity index (χ0v) is 13.7. The highest BCUT2D eigenvalue weighted by Gasteiger charge is 2.11. The number of benzene rings is 1. The average molecular weight is 343 g/mol. The second-order valence-electron chi connectivity index (χ2n) is 4.65. The first kappa shape index (κ1) is 17.0. The standard InChI is InChI=1S/C15H23BrN2O2/c1-3-12(17)10-11-6-5-7-13(16)15(11)20-9-8-14(19)18-4-2/h5-7,12H,3-4,8-10,17H2,1-2H3,(H,18,19). The van der Waals surface area contributed by atoms with Crippen molar-refractivity contribution in [1.29, 1.82) is 0 Å². The van der Waals surface area contributed by atoms with Gasteiger partial charge in [-0.1, -0.05) is 19.1 Å². The third kappa shape index (κ3) is 5.51. The van der Waals surface area contributed by atoms with Crippen molar-refractivity contribution in [3.63, 3.8) is 0 Å². The van der Waals surface area contributed by atoms with Crippen molar-refractivity contribution in [3.8, 4) is 5.75 Å². The molecule has 0 bridgehead atoms. The summed E-state index contributed by atoms with van der Waals surface area (Å²) in [4.78, 5) is 11.4. The molecule has 3 N–H and O–H groups in total. The molecule has 1 amide bonds. The van der Waals surface area contributed by atoms with Gasteiger partial charge in [-0.05, 0) is 47.3 Å². The average Bonchev–Trinajstić information content (AvgIpc) is 2.42. The second kappa shape index (κ2) is 8.97. The lowest BCUT2D eigenvalue weighted by Crippen LogP contribution is -2.24. The second-order valence-corrected chi connectivity index (χ2v) is 5.51. The van der Waals surface area contributed by atoms with E-state index in [1.165, 1.54) is 0 Å². The van der Waals surface area contributed by atoms with E-state index in [2.05, 4.69) is 28.2 Å². The number of ether oxygens (including phenoxy) is 1. The van der Waals surface area contributed by atoms with Gasteiger partial charge < -0.3 is 15.8 Å². The molecule has 0 aliphatic rings. The molecule has 0 saturated carbocycles. The Kier molecular flexibility index (Phi) is 7.62. The molecular weight excluding hydrogens is 320 g/mol. The monoisotopic (exact) mass is 342 g/mol. The molecule has 0 fully saturated rings. The summed E-state index contributed by atoms with van der Waals surface area (Å²) < 4.78 is 6.66. The van der Waals surface area contributed by atoms with Crippen LogP contribution < -0.4 is 15.8 Å². The summed E-state index contributed by atoms with van der Waals surface area (Å²) in [6, 6.07) is 6.04. The predicted octanol–water partition coefficient (Wildman–Crippen LogP) is 2.63. The first-order valence-corrected chi connectivity index (χ1v) is 7.80. The summed E-state index contributed by atoms with van der Waals surface area (Å²) >= 11 is 3.49. The first-order chi connectivity index (χ1) is 9.58. The lowest BCUT2D eigenvalue weighted by molar-refractivity contribution is -0.121. The van der Waals surface area contributed by atoms with Crippen LogP contribution in [0.4, 0.5) is 0 Å². The molecule has 112 valence electrons. The molecule has 0 aliphatic heterocycles. The predicted molar refractivity (Wildman–Crippen MR) is 84.9 cm³/mol. The Morgan fingerprint density at radius 1 is 1.45 bits per heavy atom. The molecule has 0 radical (unpaired) electrons. The molecular formula is C15H23BrN2O2. The minimum atomic E-state index is 0.00589. The van der Waals surface area contributed by atoms with Gasteiger partial charge in [0, 0.05) is 12.6 Å². The van der Waals surface area contributed by atoms with Crippen LogP contribution in [0.1, 0.15) is 32.3 Å². The zero-order valence-electron chi connectivity index (χ0n) is 12.1. The van der Waals surface area contributed by atoms with E-state index in [0.717, 1.165) is 28.6 Å². The smallest absolute Gasteiger partial charge is 0.223 e. The molecule has 5 heteroatoms. The van der Waals surface area contributed by atoms with Gasteiger partial charge in [-0.2, -0.15) is 0 Å². The van der Waals surface area contributed by atoms with Gasteiger partial charge in [0.1, 0.15) is 5.75 Å². The summed E-state index contributed by atoms with van der Waals surface area (Å²) in [5.74, 6) is 0.798. The Morgan fingerprint density at radius 3 is 2.85 bits per heavy atom. The van der Waals surface area contributed by atoms with Gasteiger partial charge in [0.15, 0.2) is 0 Å². The number of para-hydroxylation sites is 1. The third-order valence-corrected chi connectivity index (χ3v) is 3.63. The van der Waals surface area contributed by atoms with E-state index in [9.17, 15) is 4.79 Å². The molecule has 1 rings (SSSR count). The lowest BCUT2D eigenvalue weighted by atomic mass is 10.0. The van der Waals surface area contributed by atoms with Crippen LogP contribution in [-0.4, -0.2) is 25.1 Å². The molecule has 4 nitrogen and oxygen atoms in total. The number of amides is 1. The molecule has 0 saturated heterocycles. The molecule has 1 aromatic rings. The number of rotatable bonds is 8. The molecule has 0 aliphatic carbocycles. The van der Waals surface area contributed by atoms with Crippen LogP contribution >= 0.6 is 15.9 Å². The highest BCUT2D eigenvalue weighted by atomic mass is 79.9. The van der Waals surface area contributed by atoms with Crippen LogP contribution in [0.5, 0.6) is 5.75 Å². The molecule has 20 heavy (non-hydrogen) atoms. The Morgan fingerprint density at radius 2 is 2.20 bits per heavy atom. The van der Waals surface area contributed by atoms with Gasteiger partial charge in [-0.3, -0.25) is 4.79 Å². The minimum absolute atomic E-state index is 0.00589. The van der Waals surface area contributed by atoms with Gasteiger partial charge in [0.2, 0.25) is 5.91 Å². The fourth-order valence-corrected chi connectivity index (χ4v) is 2.36. The van der Waals surface area contributed by atoms with Gasteiger partial charge in [0.25, 0.3) is 0 Å². The van der Waals surface area contributed by atoms with Crippen molar-refractivity contribution in [2.24, 2.45) is 5.73 Å². The third-order valence-electron chi connectivity index (χ3n) is 3.00. The maximum atomic E-state index is 11.4. The fourth-order valence-electron chi connectivity index (χ4n) is 1.83. The highest BCUT2D eigenvalue weighted by Crippen LogP contribution is 2.30. The molecule has 1 atom stereocenters. The van der Waals surface area contributed by atoms with E-state index in [0.29, 0.717) is 19.6 Å². The maximum Gasteiger partial charge on any atom is 0.223 e. The van der Waals surface area contributed by atoms with Gasteiger partial charge in [-0.25, -0.2) is 0 Å². The van der Waals surface area contributed by atoms with Gasteiger partial charge in [0.05, 0.1) is 17.5 Å². The van der Waals surface area contributed by atoms with E-state index in [4.69, 9.17) is 10.5 Å². The number of halogens is 1. The summed E-state index contributed by atoms with van der Waals surface area (Å²) in [6.45, 7) is 4.97. The normalized spacial score (nSPS) is 12.0. The number of hydrogen-bond acceptors (Lipinski definition) is 3. The topological polar surface area (TPSA) is 64.3 Å². The van der Waals surface area contributed by atoms with Gasteiger partial charge in [-0.15, -0.1) is 0 Å². The number of nitrogens with one attached hydrogen (secondary N) is 1. The van der Waals surface area contributed by atoms with Crippen molar-refractivity contribution in [2.45, 2.75) is 39.2 Å². The largest absolute Gasteiger partial charge is 0.492 e. The van der Waals surface area contributed by atoms with Crippen LogP contribution in [0.15, 0.2) is 22.7 Å². The van der Waals surface area contributed by atoms with Crippen molar-refractivity contribution < 1.29 is 9.53 Å². The van der Waals surface area contributed by atoms with Crippen LogP contribution in [0.2, 0.25) is 0 Å². The van der Waals surface area contributed by atoms with Crippen LogP contribution in [0, 0.1) is 0 Å². The summed E-state index contributed by atoms with van der Waals surface area (Å²) in [5.41, 5.74) is 7.08. The van der Waals surface area contributed by atoms with Crippen molar-refractivity contribution in [3.05, 3.63) is 28.2 Å². The summed E-state index contributed by atoms with van der Waals surface area (Å²) in [5, 5.41) is 2.75. The molecule has 0 aromatic heterocycles. The van der Waals surface area contributed by atoms with Crippen LogP contribution in [-0.2, 0) is 11.2 Å². The fraction of sp³-hybridized carbons (Fsp3) is 0.533. The Labute approximate surface area is 129 Å². The van der Waals surface area contributed by atoms with E-state index >= 15 is 0 Å². The number of carbonyl (C=O) groups is 1. The van der Waals surface area contributed by atoms with Crippen molar-refractivity contribution >= 4 is 21.8 Å². The van der Waals surface area contributed by atoms with E-state index < -0.39 is 0 Å². The Bertz CT molecular complexity index is 438. The van der Waals surface area contributed by atoms with Crippen molar-refractivity contribution in [2.75, 3.05) is 13.2 Å². The maximum absolute atomic E-state index is 11.4. The van der Waals surface area contributed by atoms with Gasteiger partial charge >= 0.3 is 0 Å². The Balaban J connectivity index is 2.65. The molecule has 0 heterocycles. The van der Waals surface area contributed by atoms with E-state index in [-0.39, 0.29) is 11.9 Å². The first-order valence-electron chi connectivity index (χ1n) is 7.00. The quantitative estimate of drug-likeness (QED) is 0.763. The molecule has 0 spiro atoms. The summed E-state index contributed by atoms with van der Waals surface area (Å²) in [7, 11) is 0. The number of carbonyl (C=O) groups excluding carboxylic acids is 1. The number of nitrogens with two attached hydrogens (primary N) is 1. The Hall–Kier alpha value is -1.07. The summed E-state index contributed by atoms with van der Waals surface area (Å²) in [6.07, 6.45) is 2.05. The highest BCUT2D eigenvalue weighted by molar-refractivity contribution is 9.10. The zero-order chi connectivity index (χ0) is 15.0. The van der Waals surface area contributed by atoms with E-state index in [1.54, 1.807) is 0 Å². The van der Waals surface area contributed by atoms with Crippen LogP contribution in [0.3, 0.4) is 0 Å². The molecule has 1 aromatic carbocycles. The lowest BCUT2D eigenvalue weighted by Gasteiger charge is -2.15. The van der Waals surface area contributed by atoms with E-state index in [1.807, 2.05) is 25.1 Å². The van der Waals surface area contributed by atoms with Crippen LogP contribution in [0.25, 0.3) is 0 Å². The number of hydrogen-bond donors (Lipinski definition) is 2. The van der Waals surface area contributed by atoms with Crippen molar-refractivity contribution in [1.82, 2.24) is 5.32 Å².